The Hall–Kier alpha value is -2.17. The van der Waals surface area contributed by atoms with Crippen molar-refractivity contribution in [2.45, 2.75) is 46.1 Å². The van der Waals surface area contributed by atoms with Crippen LogP contribution in [0.1, 0.15) is 60.2 Å². The molecular weight excluding hydrogens is 336 g/mol. The maximum Gasteiger partial charge on any atom is 0.254 e. The quantitative estimate of drug-likeness (QED) is 0.777. The molecule has 2 aromatic rings. The fourth-order valence-corrected chi connectivity index (χ4v) is 3.93. The lowest BCUT2D eigenvalue weighted by Crippen LogP contribution is -2.33. The number of aryl methyl sites for hydroxylation is 1. The predicted octanol–water partition coefficient (Wildman–Crippen LogP) is 4.57. The molecule has 4 nitrogen and oxygen atoms in total. The lowest BCUT2D eigenvalue weighted by Gasteiger charge is -2.26. The molecule has 1 heterocycles. The Balaban J connectivity index is 1.99. The number of carbonyl (C=O) groups is 1. The summed E-state index contributed by atoms with van der Waals surface area (Å²) in [6, 6.07) is 16.6. The molecule has 27 heavy (non-hydrogen) atoms. The first-order valence-corrected chi connectivity index (χ1v) is 9.80. The van der Waals surface area contributed by atoms with Gasteiger partial charge in [-0.2, -0.15) is 0 Å². The Kier molecular flexibility index (Phi) is 5.98. The maximum atomic E-state index is 13.2. The van der Waals surface area contributed by atoms with Crippen LogP contribution in [0.15, 0.2) is 48.5 Å². The molecule has 3 rings (SSSR count). The van der Waals surface area contributed by atoms with Gasteiger partial charge >= 0.3 is 0 Å². The third kappa shape index (κ3) is 3.64. The van der Waals surface area contributed by atoms with Gasteiger partial charge in [-0.25, -0.2) is 0 Å². The van der Waals surface area contributed by atoms with Crippen LogP contribution in [-0.2, 0) is 4.74 Å². The van der Waals surface area contributed by atoms with E-state index in [1.165, 1.54) is 5.56 Å². The molecule has 1 aliphatic rings. The van der Waals surface area contributed by atoms with Crippen molar-refractivity contribution in [1.82, 2.24) is 9.80 Å². The minimum absolute atomic E-state index is 0.0156. The molecule has 4 heteroatoms. The SMILES string of the molecule is CCN(CC)C(=O)c1c(C)cccc1[C@@H]1O[C@H](c2ccccc2)[C@H](C)N1C. The van der Waals surface area contributed by atoms with E-state index in [2.05, 4.69) is 31.0 Å². The smallest absolute Gasteiger partial charge is 0.254 e. The highest BCUT2D eigenvalue weighted by atomic mass is 16.5. The van der Waals surface area contributed by atoms with E-state index in [0.29, 0.717) is 13.1 Å². The predicted molar refractivity (Wildman–Crippen MR) is 109 cm³/mol. The summed E-state index contributed by atoms with van der Waals surface area (Å²) in [6.45, 7) is 9.63. The molecule has 0 aliphatic carbocycles. The van der Waals surface area contributed by atoms with Crippen LogP contribution in [0, 0.1) is 6.92 Å². The Labute approximate surface area is 162 Å². The second kappa shape index (κ2) is 8.24. The van der Waals surface area contributed by atoms with Gasteiger partial charge in [-0.3, -0.25) is 9.69 Å². The number of hydrogen-bond acceptors (Lipinski definition) is 3. The summed E-state index contributed by atoms with van der Waals surface area (Å²) in [5, 5.41) is 0. The molecule has 0 radical (unpaired) electrons. The van der Waals surface area contributed by atoms with Gasteiger partial charge < -0.3 is 9.64 Å². The van der Waals surface area contributed by atoms with Crippen molar-refractivity contribution in [2.24, 2.45) is 0 Å². The van der Waals surface area contributed by atoms with Crippen LogP contribution in [0.2, 0.25) is 0 Å². The zero-order chi connectivity index (χ0) is 19.6. The molecule has 0 N–H and O–H groups in total. The Morgan fingerprint density at radius 3 is 2.37 bits per heavy atom. The average molecular weight is 367 g/mol. The minimum atomic E-state index is -0.236. The van der Waals surface area contributed by atoms with E-state index in [9.17, 15) is 4.79 Å². The van der Waals surface area contributed by atoms with Crippen molar-refractivity contribution in [1.29, 1.82) is 0 Å². The van der Waals surface area contributed by atoms with E-state index >= 15 is 0 Å². The minimum Gasteiger partial charge on any atom is -0.349 e. The molecule has 3 atom stereocenters. The Bertz CT molecular complexity index is 786. The van der Waals surface area contributed by atoms with Crippen LogP contribution in [-0.4, -0.2) is 41.9 Å². The van der Waals surface area contributed by atoms with Gasteiger partial charge in [-0.1, -0.05) is 48.5 Å². The summed E-state index contributed by atoms with van der Waals surface area (Å²) in [5.41, 5.74) is 3.90. The molecule has 1 fully saturated rings. The zero-order valence-electron chi connectivity index (χ0n) is 17.0. The van der Waals surface area contributed by atoms with Crippen LogP contribution < -0.4 is 0 Å². The lowest BCUT2D eigenvalue weighted by molar-refractivity contribution is 0.00473. The molecule has 1 saturated heterocycles. The number of likely N-dealkylation sites (N-methyl/N-ethyl adjacent to an activating group) is 1. The molecule has 0 spiro atoms. The van der Waals surface area contributed by atoms with E-state index in [-0.39, 0.29) is 24.3 Å². The summed E-state index contributed by atoms with van der Waals surface area (Å²) in [6.07, 6.45) is -0.252. The van der Waals surface area contributed by atoms with Crippen molar-refractivity contribution in [3.8, 4) is 0 Å². The van der Waals surface area contributed by atoms with Gasteiger partial charge in [0.2, 0.25) is 0 Å². The van der Waals surface area contributed by atoms with Crippen molar-refractivity contribution in [3.05, 3.63) is 70.8 Å². The van der Waals surface area contributed by atoms with Gasteiger partial charge in [0.1, 0.15) is 12.3 Å². The van der Waals surface area contributed by atoms with Crippen LogP contribution in [0.5, 0.6) is 0 Å². The monoisotopic (exact) mass is 366 g/mol. The van der Waals surface area contributed by atoms with Gasteiger partial charge in [0.15, 0.2) is 0 Å². The molecule has 1 aliphatic heterocycles. The van der Waals surface area contributed by atoms with Gasteiger partial charge in [0.25, 0.3) is 5.91 Å². The molecule has 2 aromatic carbocycles. The molecule has 0 unspecified atom stereocenters. The van der Waals surface area contributed by atoms with Crippen molar-refractivity contribution < 1.29 is 9.53 Å². The van der Waals surface area contributed by atoms with Crippen LogP contribution in [0.3, 0.4) is 0 Å². The van der Waals surface area contributed by atoms with E-state index in [1.807, 2.05) is 62.1 Å². The van der Waals surface area contributed by atoms with E-state index in [1.54, 1.807) is 0 Å². The van der Waals surface area contributed by atoms with E-state index in [0.717, 1.165) is 16.7 Å². The standard InChI is InChI=1S/C23H30N2O2/c1-6-25(7-2)22(26)20-16(3)12-11-15-19(20)23-24(5)17(4)21(27-23)18-13-9-8-10-14-18/h8-15,17,21,23H,6-7H2,1-5H3/t17-,21-,23-/m0/s1. The number of carbonyl (C=O) groups excluding carboxylic acids is 1. The number of nitrogens with zero attached hydrogens (tertiary/aromatic N) is 2. The largest absolute Gasteiger partial charge is 0.349 e. The first kappa shape index (κ1) is 19.6. The van der Waals surface area contributed by atoms with Crippen LogP contribution in [0.4, 0.5) is 0 Å². The first-order chi connectivity index (χ1) is 13.0. The second-order valence-corrected chi connectivity index (χ2v) is 7.24. The number of ether oxygens (including phenoxy) is 1. The van der Waals surface area contributed by atoms with E-state index in [4.69, 9.17) is 4.74 Å². The molecular formula is C23H30N2O2. The summed E-state index contributed by atoms with van der Waals surface area (Å²) in [4.78, 5) is 17.3. The molecule has 144 valence electrons. The topological polar surface area (TPSA) is 32.8 Å². The summed E-state index contributed by atoms with van der Waals surface area (Å²) < 4.78 is 6.51. The number of benzene rings is 2. The lowest BCUT2D eigenvalue weighted by atomic mass is 9.98. The third-order valence-electron chi connectivity index (χ3n) is 5.69. The second-order valence-electron chi connectivity index (χ2n) is 7.24. The molecule has 0 saturated carbocycles. The van der Waals surface area contributed by atoms with Crippen LogP contribution >= 0.6 is 0 Å². The normalized spacial score (nSPS) is 22.8. The van der Waals surface area contributed by atoms with Gasteiger partial charge in [-0.05, 0) is 45.9 Å². The molecule has 1 amide bonds. The summed E-state index contributed by atoms with van der Waals surface area (Å²) in [5.74, 6) is 0.0842. The van der Waals surface area contributed by atoms with Crippen LogP contribution in [0.25, 0.3) is 0 Å². The summed E-state index contributed by atoms with van der Waals surface area (Å²) >= 11 is 0. The van der Waals surface area contributed by atoms with Gasteiger partial charge in [0.05, 0.1) is 0 Å². The van der Waals surface area contributed by atoms with E-state index < -0.39 is 0 Å². The van der Waals surface area contributed by atoms with Crippen molar-refractivity contribution in [3.63, 3.8) is 0 Å². The fraction of sp³-hybridized carbons (Fsp3) is 0.435. The number of rotatable bonds is 5. The highest BCUT2D eigenvalue weighted by Gasteiger charge is 2.40. The highest BCUT2D eigenvalue weighted by Crippen LogP contribution is 2.42. The third-order valence-corrected chi connectivity index (χ3v) is 5.69. The molecule has 0 aromatic heterocycles. The summed E-state index contributed by atoms with van der Waals surface area (Å²) in [7, 11) is 2.08. The van der Waals surface area contributed by atoms with Crippen molar-refractivity contribution >= 4 is 5.91 Å². The number of amides is 1. The number of hydrogen-bond donors (Lipinski definition) is 0. The van der Waals surface area contributed by atoms with Crippen molar-refractivity contribution in [2.75, 3.05) is 20.1 Å². The first-order valence-electron chi connectivity index (χ1n) is 9.80. The van der Waals surface area contributed by atoms with Gasteiger partial charge in [0, 0.05) is 30.3 Å². The van der Waals surface area contributed by atoms with Gasteiger partial charge in [-0.15, -0.1) is 0 Å². The zero-order valence-corrected chi connectivity index (χ0v) is 17.0. The average Bonchev–Trinajstić information content (AvgIpc) is 2.98. The Morgan fingerprint density at radius 1 is 1.07 bits per heavy atom. The molecule has 0 bridgehead atoms. The highest BCUT2D eigenvalue weighted by molar-refractivity contribution is 5.97. The Morgan fingerprint density at radius 2 is 1.74 bits per heavy atom. The fourth-order valence-electron chi connectivity index (χ4n) is 3.93. The maximum absolute atomic E-state index is 13.2.